The van der Waals surface area contributed by atoms with Gasteiger partial charge in [-0.2, -0.15) is 0 Å². The quantitative estimate of drug-likeness (QED) is 0.231. The standard InChI is InChI=1S/C25H41NO8/c1-25(2,3)34-23(27)9-11-30-13-15-32-17-18-33-16-14-31-12-10-26(4)20-21-7-6-8-22(19-21)24(28)29-5/h6-8,19H,9-18,20H2,1-5H3. The molecule has 34 heavy (non-hydrogen) atoms. The number of ether oxygens (including phenoxy) is 6. The number of hydrogen-bond acceptors (Lipinski definition) is 9. The van der Waals surface area contributed by atoms with Crippen LogP contribution in [0, 0.1) is 0 Å². The largest absolute Gasteiger partial charge is 0.465 e. The molecule has 0 spiro atoms. The minimum absolute atomic E-state index is 0.235. The van der Waals surface area contributed by atoms with E-state index in [4.69, 9.17) is 28.4 Å². The van der Waals surface area contributed by atoms with Gasteiger partial charge in [-0.1, -0.05) is 12.1 Å². The lowest BCUT2D eigenvalue weighted by Crippen LogP contribution is -2.24. The summed E-state index contributed by atoms with van der Waals surface area (Å²) in [5.41, 5.74) is 1.13. The number of benzene rings is 1. The zero-order valence-electron chi connectivity index (χ0n) is 21.3. The van der Waals surface area contributed by atoms with Crippen LogP contribution in [0.4, 0.5) is 0 Å². The summed E-state index contributed by atoms with van der Waals surface area (Å²) in [5.74, 6) is -0.594. The minimum Gasteiger partial charge on any atom is -0.465 e. The Hall–Kier alpha value is -2.04. The molecule has 9 nitrogen and oxygen atoms in total. The number of methoxy groups -OCH3 is 1. The number of likely N-dealkylation sites (N-methyl/N-ethyl adjacent to an activating group) is 1. The molecule has 1 rings (SSSR count). The van der Waals surface area contributed by atoms with Crippen molar-refractivity contribution in [3.63, 3.8) is 0 Å². The van der Waals surface area contributed by atoms with Crippen molar-refractivity contribution in [2.75, 3.05) is 73.6 Å². The van der Waals surface area contributed by atoms with E-state index in [-0.39, 0.29) is 18.4 Å². The molecule has 0 saturated heterocycles. The number of carbonyl (C=O) groups excluding carboxylic acids is 2. The van der Waals surface area contributed by atoms with Gasteiger partial charge in [-0.25, -0.2) is 4.79 Å². The Bertz CT molecular complexity index is 704. The van der Waals surface area contributed by atoms with Crippen molar-refractivity contribution < 1.29 is 38.0 Å². The van der Waals surface area contributed by atoms with Crippen molar-refractivity contribution in [2.24, 2.45) is 0 Å². The van der Waals surface area contributed by atoms with Gasteiger partial charge in [0.2, 0.25) is 0 Å². The van der Waals surface area contributed by atoms with Crippen molar-refractivity contribution in [1.29, 1.82) is 0 Å². The highest BCUT2D eigenvalue weighted by molar-refractivity contribution is 5.89. The van der Waals surface area contributed by atoms with Crippen molar-refractivity contribution in [1.82, 2.24) is 4.90 Å². The third-order valence-electron chi connectivity index (χ3n) is 4.40. The van der Waals surface area contributed by atoms with Crippen molar-refractivity contribution in [2.45, 2.75) is 39.3 Å². The van der Waals surface area contributed by atoms with E-state index < -0.39 is 5.60 Å². The zero-order valence-corrected chi connectivity index (χ0v) is 21.3. The van der Waals surface area contributed by atoms with E-state index in [1.54, 1.807) is 6.07 Å². The van der Waals surface area contributed by atoms with Gasteiger partial charge < -0.3 is 28.4 Å². The Morgan fingerprint density at radius 1 is 0.853 bits per heavy atom. The van der Waals surface area contributed by atoms with Crippen LogP contribution in [-0.4, -0.2) is 96.0 Å². The highest BCUT2D eigenvalue weighted by atomic mass is 16.6. The molecular formula is C25H41NO8. The molecule has 1 aromatic carbocycles. The third-order valence-corrected chi connectivity index (χ3v) is 4.40. The lowest BCUT2D eigenvalue weighted by atomic mass is 10.1. The fourth-order valence-corrected chi connectivity index (χ4v) is 2.84. The van der Waals surface area contributed by atoms with Crippen LogP contribution >= 0.6 is 0 Å². The van der Waals surface area contributed by atoms with Crippen LogP contribution in [-0.2, 0) is 39.8 Å². The molecule has 0 bridgehead atoms. The first-order valence-corrected chi connectivity index (χ1v) is 11.6. The van der Waals surface area contributed by atoms with E-state index in [1.807, 2.05) is 46.0 Å². The molecule has 0 atom stereocenters. The van der Waals surface area contributed by atoms with Gasteiger partial charge in [-0.05, 0) is 45.5 Å². The van der Waals surface area contributed by atoms with Gasteiger partial charge in [0.15, 0.2) is 0 Å². The summed E-state index contributed by atoms with van der Waals surface area (Å²) in [4.78, 5) is 25.3. The SMILES string of the molecule is COC(=O)c1cccc(CN(C)CCOCCOCCOCCOCCC(=O)OC(C)(C)C)c1. The highest BCUT2D eigenvalue weighted by Gasteiger charge is 2.15. The monoisotopic (exact) mass is 483 g/mol. The zero-order chi connectivity index (χ0) is 25.2. The van der Waals surface area contributed by atoms with Crippen molar-refractivity contribution in [3.8, 4) is 0 Å². The smallest absolute Gasteiger partial charge is 0.337 e. The van der Waals surface area contributed by atoms with E-state index in [1.165, 1.54) is 7.11 Å². The average molecular weight is 484 g/mol. The summed E-state index contributed by atoms with van der Waals surface area (Å²) >= 11 is 0. The van der Waals surface area contributed by atoms with Crippen LogP contribution in [0.3, 0.4) is 0 Å². The van der Waals surface area contributed by atoms with Crippen LogP contribution in [0.2, 0.25) is 0 Å². The van der Waals surface area contributed by atoms with Gasteiger partial charge in [0.25, 0.3) is 0 Å². The molecule has 0 aliphatic heterocycles. The molecule has 0 radical (unpaired) electrons. The Labute approximate surface area is 203 Å². The van der Waals surface area contributed by atoms with Crippen molar-refractivity contribution >= 4 is 11.9 Å². The molecule has 0 saturated carbocycles. The Morgan fingerprint density at radius 3 is 1.97 bits per heavy atom. The lowest BCUT2D eigenvalue weighted by Gasteiger charge is -2.19. The Kier molecular flexibility index (Phi) is 15.4. The first-order valence-electron chi connectivity index (χ1n) is 11.6. The van der Waals surface area contributed by atoms with E-state index >= 15 is 0 Å². The lowest BCUT2D eigenvalue weighted by molar-refractivity contribution is -0.156. The van der Waals surface area contributed by atoms with Gasteiger partial charge in [0.1, 0.15) is 5.60 Å². The molecule has 0 amide bonds. The minimum atomic E-state index is -0.470. The summed E-state index contributed by atoms with van der Waals surface area (Å²) in [6, 6.07) is 7.42. The number of rotatable bonds is 18. The molecule has 9 heteroatoms. The Morgan fingerprint density at radius 2 is 1.41 bits per heavy atom. The van der Waals surface area contributed by atoms with Gasteiger partial charge in [-0.15, -0.1) is 0 Å². The molecule has 0 aromatic heterocycles. The van der Waals surface area contributed by atoms with E-state index in [9.17, 15) is 9.59 Å². The van der Waals surface area contributed by atoms with Crippen LogP contribution in [0.25, 0.3) is 0 Å². The third kappa shape index (κ3) is 15.7. The van der Waals surface area contributed by atoms with Gasteiger partial charge >= 0.3 is 11.9 Å². The molecule has 0 fully saturated rings. The number of hydrogen-bond donors (Lipinski definition) is 0. The summed E-state index contributed by atoms with van der Waals surface area (Å²) in [6.07, 6.45) is 0.235. The fourth-order valence-electron chi connectivity index (χ4n) is 2.84. The number of nitrogens with zero attached hydrogens (tertiary/aromatic N) is 1. The number of carbonyl (C=O) groups is 2. The second-order valence-corrected chi connectivity index (χ2v) is 8.72. The molecular weight excluding hydrogens is 442 g/mol. The first-order chi connectivity index (χ1) is 16.2. The summed E-state index contributed by atoms with van der Waals surface area (Å²) in [7, 11) is 3.38. The predicted octanol–water partition coefficient (Wildman–Crippen LogP) is 2.70. The highest BCUT2D eigenvalue weighted by Crippen LogP contribution is 2.09. The predicted molar refractivity (Wildman–Crippen MR) is 128 cm³/mol. The molecule has 0 heterocycles. The maximum absolute atomic E-state index is 11.6. The second-order valence-electron chi connectivity index (χ2n) is 8.72. The topological polar surface area (TPSA) is 92.8 Å². The summed E-state index contributed by atoms with van der Waals surface area (Å²) < 4.78 is 31.8. The maximum Gasteiger partial charge on any atom is 0.337 e. The van der Waals surface area contributed by atoms with E-state index in [0.717, 1.165) is 12.1 Å². The molecule has 0 aliphatic rings. The summed E-state index contributed by atoms with van der Waals surface area (Å²) in [5, 5.41) is 0. The van der Waals surface area contributed by atoms with Gasteiger partial charge in [0, 0.05) is 13.1 Å². The van der Waals surface area contributed by atoms with Crippen molar-refractivity contribution in [3.05, 3.63) is 35.4 Å². The molecule has 0 N–H and O–H groups in total. The van der Waals surface area contributed by atoms with Crippen LogP contribution < -0.4 is 0 Å². The Balaban J connectivity index is 1.91. The van der Waals surface area contributed by atoms with Gasteiger partial charge in [0.05, 0.1) is 71.9 Å². The van der Waals surface area contributed by atoms with Crippen LogP contribution in [0.15, 0.2) is 24.3 Å². The molecule has 194 valence electrons. The first kappa shape index (κ1) is 30.0. The van der Waals surface area contributed by atoms with E-state index in [2.05, 4.69) is 4.90 Å². The number of esters is 2. The molecule has 0 aliphatic carbocycles. The van der Waals surface area contributed by atoms with Crippen LogP contribution in [0.5, 0.6) is 0 Å². The fraction of sp³-hybridized carbons (Fsp3) is 0.680. The van der Waals surface area contributed by atoms with Gasteiger partial charge in [-0.3, -0.25) is 9.69 Å². The second kappa shape index (κ2) is 17.4. The average Bonchev–Trinajstić information content (AvgIpc) is 2.77. The normalized spacial score (nSPS) is 11.6. The molecule has 0 unspecified atom stereocenters. The van der Waals surface area contributed by atoms with Crippen LogP contribution in [0.1, 0.15) is 43.1 Å². The molecule has 1 aromatic rings. The van der Waals surface area contributed by atoms with E-state index in [0.29, 0.717) is 65.0 Å². The maximum atomic E-state index is 11.6. The summed E-state index contributed by atoms with van der Waals surface area (Å²) in [6.45, 7) is 10.7.